The lowest BCUT2D eigenvalue weighted by Crippen LogP contribution is -2.40. The number of hydrogen-bond acceptors (Lipinski definition) is 7. The van der Waals surface area contributed by atoms with Crippen LogP contribution < -0.4 is 14.2 Å². The summed E-state index contributed by atoms with van der Waals surface area (Å²) in [4.78, 5) is 14.4. The van der Waals surface area contributed by atoms with Crippen LogP contribution in [0, 0.1) is 0 Å². The summed E-state index contributed by atoms with van der Waals surface area (Å²) in [6, 6.07) is 15.0. The number of carbonyl (C=O) groups excluding carboxylic acids is 1. The van der Waals surface area contributed by atoms with E-state index in [9.17, 15) is 4.79 Å². The molecule has 3 aromatic rings. The zero-order valence-electron chi connectivity index (χ0n) is 17.6. The van der Waals surface area contributed by atoms with E-state index in [1.54, 1.807) is 37.7 Å². The van der Waals surface area contributed by atoms with E-state index in [2.05, 4.69) is 10.2 Å². The predicted octanol–water partition coefficient (Wildman–Crippen LogP) is 4.01. The Kier molecular flexibility index (Phi) is 6.66. The van der Waals surface area contributed by atoms with Crippen molar-refractivity contribution < 1.29 is 19.0 Å². The molecule has 1 amide bonds. The van der Waals surface area contributed by atoms with Crippen molar-refractivity contribution >= 4 is 17.2 Å². The molecule has 31 heavy (non-hydrogen) atoms. The Labute approximate surface area is 185 Å². The predicted molar refractivity (Wildman–Crippen MR) is 119 cm³/mol. The van der Waals surface area contributed by atoms with Gasteiger partial charge in [-0.15, -0.1) is 10.2 Å². The first kappa shape index (κ1) is 21.1. The highest BCUT2D eigenvalue weighted by atomic mass is 32.1. The molecule has 1 aromatic heterocycles. The van der Waals surface area contributed by atoms with E-state index in [0.717, 1.165) is 39.9 Å². The molecule has 0 atom stereocenters. The van der Waals surface area contributed by atoms with E-state index in [0.29, 0.717) is 24.8 Å². The Morgan fingerprint density at radius 1 is 1.00 bits per heavy atom. The highest BCUT2D eigenvalue weighted by Crippen LogP contribution is 2.36. The summed E-state index contributed by atoms with van der Waals surface area (Å²) in [6.45, 7) is 1.42. The smallest absolute Gasteiger partial charge is 0.260 e. The Balaban J connectivity index is 1.30. The summed E-state index contributed by atoms with van der Waals surface area (Å²) in [5, 5.41) is 10.7. The number of methoxy groups -OCH3 is 2. The molecule has 0 radical (unpaired) electrons. The molecule has 0 bridgehead atoms. The Morgan fingerprint density at radius 3 is 2.42 bits per heavy atom. The zero-order chi connectivity index (χ0) is 21.6. The molecule has 1 aliphatic rings. The van der Waals surface area contributed by atoms with Crippen LogP contribution in [0.1, 0.15) is 23.8 Å². The molecular formula is C23H25N3O4S. The van der Waals surface area contributed by atoms with Crippen LogP contribution in [0.4, 0.5) is 0 Å². The maximum atomic E-state index is 12.5. The van der Waals surface area contributed by atoms with Gasteiger partial charge in [0.1, 0.15) is 22.3 Å². The summed E-state index contributed by atoms with van der Waals surface area (Å²) < 4.78 is 16.2. The molecule has 162 valence electrons. The topological polar surface area (TPSA) is 73.8 Å². The van der Waals surface area contributed by atoms with Crippen molar-refractivity contribution in [3.8, 4) is 27.8 Å². The van der Waals surface area contributed by atoms with Crippen LogP contribution in [0.3, 0.4) is 0 Å². The van der Waals surface area contributed by atoms with Crippen molar-refractivity contribution in [1.29, 1.82) is 0 Å². The Hall–Kier alpha value is -3.13. The van der Waals surface area contributed by atoms with E-state index in [1.807, 2.05) is 41.3 Å². The molecule has 4 rings (SSSR count). The molecule has 1 saturated heterocycles. The number of benzene rings is 2. The largest absolute Gasteiger partial charge is 0.497 e. The van der Waals surface area contributed by atoms with E-state index in [4.69, 9.17) is 14.2 Å². The van der Waals surface area contributed by atoms with Crippen molar-refractivity contribution in [3.63, 3.8) is 0 Å². The molecule has 2 heterocycles. The third-order valence-electron chi connectivity index (χ3n) is 5.40. The number of para-hydroxylation sites is 1. The average Bonchev–Trinajstić information content (AvgIpc) is 3.33. The molecule has 7 nitrogen and oxygen atoms in total. The summed E-state index contributed by atoms with van der Waals surface area (Å²) in [5.41, 5.74) is 0.956. The van der Waals surface area contributed by atoms with Crippen LogP contribution in [0.15, 0.2) is 48.5 Å². The van der Waals surface area contributed by atoms with Crippen LogP contribution in [-0.2, 0) is 4.79 Å². The summed E-state index contributed by atoms with van der Waals surface area (Å²) >= 11 is 1.60. The van der Waals surface area contributed by atoms with E-state index >= 15 is 0 Å². The van der Waals surface area contributed by atoms with Gasteiger partial charge in [0.2, 0.25) is 0 Å². The van der Waals surface area contributed by atoms with Gasteiger partial charge < -0.3 is 19.1 Å². The molecule has 0 aliphatic carbocycles. The molecule has 0 saturated carbocycles. The minimum absolute atomic E-state index is 0.00115. The first-order valence-electron chi connectivity index (χ1n) is 10.2. The minimum atomic E-state index is 0.00115. The SMILES string of the molecule is COc1ccc(OCC(=O)N2CCC(c3nnc(-c4ccccc4OC)s3)CC2)cc1. The number of carbonyl (C=O) groups is 1. The van der Waals surface area contributed by atoms with Gasteiger partial charge in [-0.2, -0.15) is 0 Å². The second-order valence-corrected chi connectivity index (χ2v) is 8.27. The molecule has 1 fully saturated rings. The number of amides is 1. The van der Waals surface area contributed by atoms with E-state index in [-0.39, 0.29) is 12.5 Å². The summed E-state index contributed by atoms with van der Waals surface area (Å²) in [5.74, 6) is 2.52. The molecular weight excluding hydrogens is 414 g/mol. The highest BCUT2D eigenvalue weighted by molar-refractivity contribution is 7.14. The van der Waals surface area contributed by atoms with Gasteiger partial charge >= 0.3 is 0 Å². The maximum Gasteiger partial charge on any atom is 0.260 e. The molecule has 0 N–H and O–H groups in total. The average molecular weight is 440 g/mol. The number of piperidine rings is 1. The van der Waals surface area contributed by atoms with Crippen molar-refractivity contribution in [1.82, 2.24) is 15.1 Å². The summed E-state index contributed by atoms with van der Waals surface area (Å²) in [6.07, 6.45) is 1.74. The van der Waals surface area contributed by atoms with Gasteiger partial charge in [0.15, 0.2) is 11.6 Å². The fourth-order valence-corrected chi connectivity index (χ4v) is 4.66. The van der Waals surface area contributed by atoms with Crippen LogP contribution in [0.5, 0.6) is 17.2 Å². The zero-order valence-corrected chi connectivity index (χ0v) is 18.4. The minimum Gasteiger partial charge on any atom is -0.497 e. The number of ether oxygens (including phenoxy) is 3. The Bertz CT molecular complexity index is 1010. The number of rotatable bonds is 7. The fraction of sp³-hybridized carbons (Fsp3) is 0.348. The third-order valence-corrected chi connectivity index (χ3v) is 6.52. The lowest BCUT2D eigenvalue weighted by Gasteiger charge is -2.30. The quantitative estimate of drug-likeness (QED) is 0.554. The first-order valence-corrected chi connectivity index (χ1v) is 11.0. The van der Waals surface area contributed by atoms with E-state index < -0.39 is 0 Å². The van der Waals surface area contributed by atoms with Gasteiger partial charge in [-0.3, -0.25) is 4.79 Å². The molecule has 0 unspecified atom stereocenters. The summed E-state index contributed by atoms with van der Waals surface area (Å²) in [7, 11) is 3.27. The van der Waals surface area contributed by atoms with Crippen molar-refractivity contribution in [3.05, 3.63) is 53.5 Å². The third kappa shape index (κ3) is 4.96. The van der Waals surface area contributed by atoms with Crippen LogP contribution in [0.2, 0.25) is 0 Å². The second kappa shape index (κ2) is 9.78. The van der Waals surface area contributed by atoms with Gasteiger partial charge in [-0.25, -0.2) is 0 Å². The van der Waals surface area contributed by atoms with Crippen molar-refractivity contribution in [2.24, 2.45) is 0 Å². The Morgan fingerprint density at radius 2 is 1.71 bits per heavy atom. The lowest BCUT2D eigenvalue weighted by atomic mass is 9.98. The highest BCUT2D eigenvalue weighted by Gasteiger charge is 2.27. The molecule has 8 heteroatoms. The van der Waals surface area contributed by atoms with Crippen LogP contribution in [-0.4, -0.2) is 54.9 Å². The molecule has 2 aromatic carbocycles. The number of aromatic nitrogens is 2. The van der Waals surface area contributed by atoms with Crippen LogP contribution in [0.25, 0.3) is 10.6 Å². The number of likely N-dealkylation sites (tertiary alicyclic amines) is 1. The maximum absolute atomic E-state index is 12.5. The van der Waals surface area contributed by atoms with Crippen LogP contribution >= 0.6 is 11.3 Å². The molecule has 1 aliphatic heterocycles. The standard InChI is InChI=1S/C23H25N3O4S/c1-28-17-7-9-18(10-8-17)30-15-21(27)26-13-11-16(12-14-26)22-24-25-23(31-22)19-5-3-4-6-20(19)29-2/h3-10,16H,11-15H2,1-2H3. The van der Waals surface area contributed by atoms with Gasteiger partial charge in [-0.1, -0.05) is 23.5 Å². The monoisotopic (exact) mass is 439 g/mol. The second-order valence-electron chi connectivity index (χ2n) is 7.27. The fourth-order valence-electron chi connectivity index (χ4n) is 3.61. The van der Waals surface area contributed by atoms with Gasteiger partial charge in [-0.05, 0) is 49.2 Å². The number of nitrogens with zero attached hydrogens (tertiary/aromatic N) is 3. The van der Waals surface area contributed by atoms with Crippen molar-refractivity contribution in [2.75, 3.05) is 33.9 Å². The lowest BCUT2D eigenvalue weighted by molar-refractivity contribution is -0.134. The van der Waals surface area contributed by atoms with Gasteiger partial charge in [0, 0.05) is 19.0 Å². The van der Waals surface area contributed by atoms with Gasteiger partial charge in [0.05, 0.1) is 19.8 Å². The van der Waals surface area contributed by atoms with Crippen molar-refractivity contribution in [2.45, 2.75) is 18.8 Å². The number of hydrogen-bond donors (Lipinski definition) is 0. The molecule has 0 spiro atoms. The normalized spacial score (nSPS) is 14.3. The van der Waals surface area contributed by atoms with E-state index in [1.165, 1.54) is 0 Å². The first-order chi connectivity index (χ1) is 15.2. The van der Waals surface area contributed by atoms with Gasteiger partial charge in [0.25, 0.3) is 5.91 Å².